The zero-order valence-corrected chi connectivity index (χ0v) is 14.2. The van der Waals surface area contributed by atoms with Gasteiger partial charge in [0.1, 0.15) is 11.4 Å². The highest BCUT2D eigenvalue weighted by Gasteiger charge is 2.41. The average molecular weight is 367 g/mol. The quantitative estimate of drug-likeness (QED) is 0.748. The maximum Gasteiger partial charge on any atom is 0.329 e. The molecule has 3 rings (SSSR count). The molecule has 134 valence electrons. The summed E-state index contributed by atoms with van der Waals surface area (Å²) < 4.78 is 14.2. The van der Waals surface area contributed by atoms with Gasteiger partial charge in [0.15, 0.2) is 0 Å². The van der Waals surface area contributed by atoms with Crippen molar-refractivity contribution in [1.29, 1.82) is 0 Å². The van der Waals surface area contributed by atoms with Gasteiger partial charge in [-0.2, -0.15) is 11.8 Å². The second kappa shape index (κ2) is 6.91. The average Bonchev–Trinajstić information content (AvgIpc) is 3.02. The first-order valence-corrected chi connectivity index (χ1v) is 9.07. The Morgan fingerprint density at radius 3 is 2.64 bits per heavy atom. The number of rotatable bonds is 4. The van der Waals surface area contributed by atoms with E-state index in [9.17, 15) is 23.9 Å². The first-order valence-electron chi connectivity index (χ1n) is 7.91. The lowest BCUT2D eigenvalue weighted by Gasteiger charge is -2.33. The Balaban J connectivity index is 1.86. The fourth-order valence-corrected chi connectivity index (χ4v) is 4.16. The van der Waals surface area contributed by atoms with Crippen LogP contribution in [0.3, 0.4) is 0 Å². The van der Waals surface area contributed by atoms with E-state index in [1.54, 1.807) is 11.8 Å². The van der Waals surface area contributed by atoms with Gasteiger partial charge in [0, 0.05) is 18.8 Å². The van der Waals surface area contributed by atoms with E-state index in [1.807, 2.05) is 0 Å². The third kappa shape index (κ3) is 3.41. The summed E-state index contributed by atoms with van der Waals surface area (Å²) in [5.74, 6) is -1.43. The lowest BCUT2D eigenvalue weighted by atomic mass is 9.91. The third-order valence-electron chi connectivity index (χ3n) is 4.47. The highest BCUT2D eigenvalue weighted by Crippen LogP contribution is 2.28. The van der Waals surface area contributed by atoms with E-state index in [0.717, 1.165) is 6.07 Å². The number of hydrogen-bond donors (Lipinski definition) is 3. The second-order valence-electron chi connectivity index (χ2n) is 6.00. The monoisotopic (exact) mass is 367 g/mol. The van der Waals surface area contributed by atoms with Gasteiger partial charge in [-0.25, -0.2) is 14.0 Å². The molecule has 0 unspecified atom stereocenters. The maximum atomic E-state index is 14.2. The molecule has 25 heavy (non-hydrogen) atoms. The standard InChI is InChI=1S/C16H18FN3O4S/c17-12-2-1-10(20-6-5-18-15(20)24)9-11(12)13(21)19-16(14(22)23)3-7-25-8-4-16/h1-2,9H,3-8H2,(H,18,24)(H,19,21)(H,22,23). The molecule has 3 amide bonds. The smallest absolute Gasteiger partial charge is 0.329 e. The summed E-state index contributed by atoms with van der Waals surface area (Å²) >= 11 is 1.62. The summed E-state index contributed by atoms with van der Waals surface area (Å²) in [6.07, 6.45) is 0.573. The van der Waals surface area contributed by atoms with Crippen molar-refractivity contribution in [2.45, 2.75) is 18.4 Å². The van der Waals surface area contributed by atoms with Crippen LogP contribution in [0.25, 0.3) is 0 Å². The molecule has 2 fully saturated rings. The Morgan fingerprint density at radius 2 is 2.04 bits per heavy atom. The molecule has 7 nitrogen and oxygen atoms in total. The number of carbonyl (C=O) groups is 3. The summed E-state index contributed by atoms with van der Waals surface area (Å²) in [4.78, 5) is 37.4. The molecule has 0 bridgehead atoms. The van der Waals surface area contributed by atoms with E-state index in [0.29, 0.717) is 30.3 Å². The van der Waals surface area contributed by atoms with E-state index in [2.05, 4.69) is 10.6 Å². The number of anilines is 1. The van der Waals surface area contributed by atoms with Crippen molar-refractivity contribution in [2.24, 2.45) is 0 Å². The number of halogens is 1. The fraction of sp³-hybridized carbons (Fsp3) is 0.438. The summed E-state index contributed by atoms with van der Waals surface area (Å²) in [6.45, 7) is 0.888. The topological polar surface area (TPSA) is 98.7 Å². The number of carbonyl (C=O) groups excluding carboxylic acids is 2. The molecular formula is C16H18FN3O4S. The molecular weight excluding hydrogens is 349 g/mol. The van der Waals surface area contributed by atoms with Crippen molar-refractivity contribution in [3.8, 4) is 0 Å². The lowest BCUT2D eigenvalue weighted by Crippen LogP contribution is -2.56. The first kappa shape index (κ1) is 17.5. The van der Waals surface area contributed by atoms with E-state index in [1.165, 1.54) is 17.0 Å². The molecule has 0 radical (unpaired) electrons. The Hall–Kier alpha value is -2.29. The van der Waals surface area contributed by atoms with Crippen molar-refractivity contribution in [3.63, 3.8) is 0 Å². The summed E-state index contributed by atoms with van der Waals surface area (Å²) in [5, 5.41) is 14.7. The molecule has 3 N–H and O–H groups in total. The number of amides is 3. The number of urea groups is 1. The minimum atomic E-state index is -1.38. The number of aliphatic carboxylic acids is 1. The molecule has 0 saturated carbocycles. The Kier molecular flexibility index (Phi) is 4.85. The minimum absolute atomic E-state index is 0.268. The van der Waals surface area contributed by atoms with Crippen LogP contribution < -0.4 is 15.5 Å². The van der Waals surface area contributed by atoms with E-state index in [-0.39, 0.29) is 24.4 Å². The predicted octanol–water partition coefficient (Wildman–Crippen LogP) is 1.44. The Morgan fingerprint density at radius 1 is 1.32 bits per heavy atom. The molecule has 1 aromatic carbocycles. The van der Waals surface area contributed by atoms with Gasteiger partial charge in [0.05, 0.1) is 5.56 Å². The van der Waals surface area contributed by atoms with Crippen LogP contribution in [0, 0.1) is 5.82 Å². The number of benzene rings is 1. The largest absolute Gasteiger partial charge is 0.480 e. The van der Waals surface area contributed by atoms with Crippen LogP contribution in [-0.2, 0) is 4.79 Å². The second-order valence-corrected chi connectivity index (χ2v) is 7.23. The zero-order valence-electron chi connectivity index (χ0n) is 13.4. The van der Waals surface area contributed by atoms with Crippen molar-refractivity contribution >= 4 is 35.4 Å². The number of hydrogen-bond acceptors (Lipinski definition) is 4. The highest BCUT2D eigenvalue weighted by molar-refractivity contribution is 7.99. The first-order chi connectivity index (χ1) is 11.9. The van der Waals surface area contributed by atoms with Crippen LogP contribution in [0.5, 0.6) is 0 Å². The number of nitrogens with zero attached hydrogens (tertiary/aromatic N) is 1. The SMILES string of the molecule is O=C(NC1(C(=O)O)CCSCC1)c1cc(N2CCNC2=O)ccc1F. The molecule has 0 spiro atoms. The summed E-state index contributed by atoms with van der Waals surface area (Å²) in [6, 6.07) is 3.49. The van der Waals surface area contributed by atoms with E-state index >= 15 is 0 Å². The number of nitrogens with one attached hydrogen (secondary N) is 2. The van der Waals surface area contributed by atoms with Gasteiger partial charge in [-0.05, 0) is 42.5 Å². The zero-order chi connectivity index (χ0) is 18.0. The molecule has 9 heteroatoms. The number of thioether (sulfide) groups is 1. The van der Waals surface area contributed by atoms with E-state index in [4.69, 9.17) is 0 Å². The van der Waals surface area contributed by atoms with E-state index < -0.39 is 23.2 Å². The Labute approximate surface area is 147 Å². The van der Waals surface area contributed by atoms with Gasteiger partial charge in [-0.1, -0.05) is 0 Å². The van der Waals surface area contributed by atoms with Crippen LogP contribution in [-0.4, -0.2) is 53.1 Å². The van der Waals surface area contributed by atoms with Gasteiger partial charge < -0.3 is 15.7 Å². The van der Waals surface area contributed by atoms with Gasteiger partial charge in [0.25, 0.3) is 5.91 Å². The summed E-state index contributed by atoms with van der Waals surface area (Å²) in [7, 11) is 0. The molecule has 2 saturated heterocycles. The van der Waals surface area contributed by atoms with Gasteiger partial charge in [0.2, 0.25) is 0 Å². The molecule has 0 aromatic heterocycles. The predicted molar refractivity (Wildman–Crippen MR) is 91.5 cm³/mol. The lowest BCUT2D eigenvalue weighted by molar-refractivity contribution is -0.144. The Bertz CT molecular complexity index is 721. The molecule has 1 aromatic rings. The molecule has 0 aliphatic carbocycles. The van der Waals surface area contributed by atoms with Crippen molar-refractivity contribution in [2.75, 3.05) is 29.5 Å². The molecule has 2 aliphatic heterocycles. The van der Waals surface area contributed by atoms with Crippen LogP contribution in [0.4, 0.5) is 14.9 Å². The normalized spacial score (nSPS) is 19.4. The van der Waals surface area contributed by atoms with Crippen LogP contribution in [0.1, 0.15) is 23.2 Å². The molecule has 2 heterocycles. The van der Waals surface area contributed by atoms with Crippen molar-refractivity contribution in [1.82, 2.24) is 10.6 Å². The number of carboxylic acids is 1. The van der Waals surface area contributed by atoms with Gasteiger partial charge in [-0.15, -0.1) is 0 Å². The maximum absolute atomic E-state index is 14.2. The summed E-state index contributed by atoms with van der Waals surface area (Å²) in [5.41, 5.74) is -1.25. The number of carboxylic acid groups (broad SMARTS) is 1. The fourth-order valence-electron chi connectivity index (χ4n) is 2.97. The van der Waals surface area contributed by atoms with Crippen LogP contribution >= 0.6 is 11.8 Å². The van der Waals surface area contributed by atoms with Crippen LogP contribution in [0.15, 0.2) is 18.2 Å². The van der Waals surface area contributed by atoms with Gasteiger partial charge >= 0.3 is 12.0 Å². The van der Waals surface area contributed by atoms with Gasteiger partial charge in [-0.3, -0.25) is 9.69 Å². The van der Waals surface area contributed by atoms with Crippen LogP contribution in [0.2, 0.25) is 0 Å². The minimum Gasteiger partial charge on any atom is -0.480 e. The molecule has 2 aliphatic rings. The van der Waals surface area contributed by atoms with Crippen molar-refractivity contribution in [3.05, 3.63) is 29.6 Å². The third-order valence-corrected chi connectivity index (χ3v) is 5.46. The van der Waals surface area contributed by atoms with Crippen molar-refractivity contribution < 1.29 is 23.9 Å². The highest BCUT2D eigenvalue weighted by atomic mass is 32.2. The molecule has 0 atom stereocenters.